The highest BCUT2D eigenvalue weighted by Gasteiger charge is 2.78. The van der Waals surface area contributed by atoms with Gasteiger partial charge in [0.05, 0.1) is 12.7 Å². The van der Waals surface area contributed by atoms with Crippen LogP contribution in [0.2, 0.25) is 0 Å². The molecule has 0 aliphatic heterocycles. The van der Waals surface area contributed by atoms with Gasteiger partial charge in [0.1, 0.15) is 0 Å². The number of ether oxygens (including phenoxy) is 1. The van der Waals surface area contributed by atoms with Gasteiger partial charge in [-0.05, 0) is 78.6 Å². The van der Waals surface area contributed by atoms with Gasteiger partial charge in [0, 0.05) is 19.2 Å². The Morgan fingerprint density at radius 3 is 2.54 bits per heavy atom. The quantitative estimate of drug-likeness (QED) is 0.790. The second-order valence-electron chi connectivity index (χ2n) is 10.3. The largest absolute Gasteiger partial charge is 0.393 e. The number of aliphatic hydroxyl groups is 1. The molecule has 3 nitrogen and oxygen atoms in total. The molecule has 6 aliphatic carbocycles. The van der Waals surface area contributed by atoms with Gasteiger partial charge in [-0.2, -0.15) is 0 Å². The summed E-state index contributed by atoms with van der Waals surface area (Å²) in [5.41, 5.74) is 2.44. The summed E-state index contributed by atoms with van der Waals surface area (Å²) in [5, 5.41) is 14.1. The molecule has 140 valence electrons. The molecule has 0 saturated heterocycles. The fraction of sp³-hybridized carbons (Fsp3) is 0.739. The Morgan fingerprint density at radius 2 is 1.88 bits per heavy atom. The van der Waals surface area contributed by atoms with Crippen molar-refractivity contribution in [3.05, 3.63) is 35.9 Å². The van der Waals surface area contributed by atoms with E-state index in [4.69, 9.17) is 4.74 Å². The van der Waals surface area contributed by atoms with Gasteiger partial charge in [0.2, 0.25) is 0 Å². The van der Waals surface area contributed by atoms with Crippen LogP contribution >= 0.6 is 0 Å². The van der Waals surface area contributed by atoms with Crippen molar-refractivity contribution in [3.8, 4) is 0 Å². The monoisotopic (exact) mass is 353 g/mol. The smallest absolute Gasteiger partial charge is 0.0717 e. The molecule has 5 atom stereocenters. The molecule has 6 saturated carbocycles. The molecule has 0 heterocycles. The Morgan fingerprint density at radius 1 is 1.08 bits per heavy atom. The fourth-order valence-corrected chi connectivity index (χ4v) is 7.63. The first-order chi connectivity index (χ1) is 12.7. The van der Waals surface area contributed by atoms with E-state index in [1.54, 1.807) is 0 Å². The zero-order valence-corrected chi connectivity index (χ0v) is 15.6. The molecule has 6 aliphatic rings. The Bertz CT molecular complexity index is 677. The van der Waals surface area contributed by atoms with Gasteiger partial charge < -0.3 is 15.2 Å². The minimum absolute atomic E-state index is 0.0396. The predicted octanol–water partition coefficient (Wildman–Crippen LogP) is 3.37. The van der Waals surface area contributed by atoms with E-state index in [1.165, 1.54) is 50.6 Å². The van der Waals surface area contributed by atoms with Gasteiger partial charge in [-0.3, -0.25) is 0 Å². The Labute approximate surface area is 156 Å². The summed E-state index contributed by atoms with van der Waals surface area (Å²) in [4.78, 5) is 0. The Kier molecular flexibility index (Phi) is 3.44. The van der Waals surface area contributed by atoms with Gasteiger partial charge in [-0.1, -0.05) is 30.3 Å². The first-order valence-corrected chi connectivity index (χ1v) is 10.7. The van der Waals surface area contributed by atoms with Crippen molar-refractivity contribution in [2.24, 2.45) is 34.5 Å². The van der Waals surface area contributed by atoms with Crippen LogP contribution in [0.1, 0.15) is 44.1 Å². The van der Waals surface area contributed by atoms with Gasteiger partial charge >= 0.3 is 0 Å². The highest BCUT2D eigenvalue weighted by Crippen LogP contribution is 2.78. The van der Waals surface area contributed by atoms with E-state index in [-0.39, 0.29) is 6.10 Å². The maximum absolute atomic E-state index is 10.2. The minimum atomic E-state index is 0.0396. The van der Waals surface area contributed by atoms with Crippen molar-refractivity contribution >= 4 is 0 Å². The standard InChI is InChI=1S/C23H31NO2/c25-21-17-6-19-20(21)23(19,9-17)14-24-18-10-22(11-18)7-16(8-22)13-26-12-15-4-2-1-3-5-15/h1-5,16-21,24-25H,6-14H2. The Hall–Kier alpha value is -0.900. The van der Waals surface area contributed by atoms with Crippen molar-refractivity contribution in [2.75, 3.05) is 13.2 Å². The summed E-state index contributed by atoms with van der Waals surface area (Å²) in [7, 11) is 0. The average Bonchev–Trinajstić information content (AvgIpc) is 2.86. The molecule has 7 rings (SSSR count). The highest BCUT2D eigenvalue weighted by molar-refractivity contribution is 5.27. The molecule has 0 radical (unpaired) electrons. The number of hydrogen-bond donors (Lipinski definition) is 2. The molecule has 6 fully saturated rings. The SMILES string of the molecule is OC1C2CC3C1C3(CNC1CC3(CC(COCc4ccccc4)C3)C1)C2. The van der Waals surface area contributed by atoms with E-state index < -0.39 is 0 Å². The zero-order chi connectivity index (χ0) is 17.4. The summed E-state index contributed by atoms with van der Waals surface area (Å²) in [6, 6.07) is 11.2. The molecule has 1 aromatic carbocycles. The lowest BCUT2D eigenvalue weighted by Gasteiger charge is -2.58. The third kappa shape index (κ3) is 2.30. The van der Waals surface area contributed by atoms with E-state index in [9.17, 15) is 5.11 Å². The molecular formula is C23H31NO2. The molecule has 4 bridgehead atoms. The molecule has 26 heavy (non-hydrogen) atoms. The van der Waals surface area contributed by atoms with Crippen LogP contribution in [0, 0.1) is 34.5 Å². The van der Waals surface area contributed by atoms with Gasteiger partial charge in [0.15, 0.2) is 0 Å². The zero-order valence-electron chi connectivity index (χ0n) is 15.6. The maximum Gasteiger partial charge on any atom is 0.0717 e. The van der Waals surface area contributed by atoms with Crippen molar-refractivity contribution in [2.45, 2.75) is 57.3 Å². The lowest BCUT2D eigenvalue weighted by atomic mass is 9.50. The van der Waals surface area contributed by atoms with Gasteiger partial charge in [-0.15, -0.1) is 0 Å². The van der Waals surface area contributed by atoms with E-state index in [1.807, 2.05) is 0 Å². The highest BCUT2D eigenvalue weighted by atomic mass is 16.5. The van der Waals surface area contributed by atoms with Crippen LogP contribution in [-0.4, -0.2) is 30.4 Å². The summed E-state index contributed by atoms with van der Waals surface area (Å²) < 4.78 is 5.93. The molecule has 3 heteroatoms. The van der Waals surface area contributed by atoms with Crippen LogP contribution in [0.5, 0.6) is 0 Å². The lowest BCUT2D eigenvalue weighted by molar-refractivity contribution is -0.0817. The molecule has 5 unspecified atom stereocenters. The molecule has 1 spiro atoms. The van der Waals surface area contributed by atoms with Crippen LogP contribution in [-0.2, 0) is 11.3 Å². The molecule has 0 amide bonds. The first-order valence-electron chi connectivity index (χ1n) is 10.7. The van der Waals surface area contributed by atoms with Crippen LogP contribution < -0.4 is 5.32 Å². The Balaban J connectivity index is 0.900. The molecule has 1 aromatic rings. The average molecular weight is 354 g/mol. The fourth-order valence-electron chi connectivity index (χ4n) is 7.63. The van der Waals surface area contributed by atoms with Crippen molar-refractivity contribution in [1.29, 1.82) is 0 Å². The van der Waals surface area contributed by atoms with E-state index in [0.29, 0.717) is 22.7 Å². The second-order valence-corrected chi connectivity index (χ2v) is 10.3. The van der Waals surface area contributed by atoms with E-state index in [0.717, 1.165) is 31.1 Å². The van der Waals surface area contributed by atoms with Crippen LogP contribution in [0.25, 0.3) is 0 Å². The first kappa shape index (κ1) is 16.1. The van der Waals surface area contributed by atoms with Gasteiger partial charge in [0.25, 0.3) is 0 Å². The number of benzene rings is 1. The van der Waals surface area contributed by atoms with E-state index >= 15 is 0 Å². The third-order valence-electron chi connectivity index (χ3n) is 8.76. The summed E-state index contributed by atoms with van der Waals surface area (Å²) in [5.74, 6) is 2.94. The number of rotatable bonds is 7. The molecule has 2 N–H and O–H groups in total. The number of aliphatic hydroxyl groups excluding tert-OH is 1. The second kappa shape index (κ2) is 5.56. The summed E-state index contributed by atoms with van der Waals surface area (Å²) in [6.45, 7) is 2.87. The van der Waals surface area contributed by atoms with Gasteiger partial charge in [-0.25, -0.2) is 0 Å². The third-order valence-corrected chi connectivity index (χ3v) is 8.76. The lowest BCUT2D eigenvalue weighted by Crippen LogP contribution is -2.56. The van der Waals surface area contributed by atoms with Crippen molar-refractivity contribution in [1.82, 2.24) is 5.32 Å². The molecule has 0 aromatic heterocycles. The van der Waals surface area contributed by atoms with Crippen molar-refractivity contribution < 1.29 is 9.84 Å². The van der Waals surface area contributed by atoms with Crippen LogP contribution in [0.15, 0.2) is 30.3 Å². The number of nitrogens with one attached hydrogen (secondary N) is 1. The summed E-state index contributed by atoms with van der Waals surface area (Å²) >= 11 is 0. The van der Waals surface area contributed by atoms with E-state index in [2.05, 4.69) is 35.6 Å². The van der Waals surface area contributed by atoms with Crippen LogP contribution in [0.3, 0.4) is 0 Å². The van der Waals surface area contributed by atoms with Crippen LogP contribution in [0.4, 0.5) is 0 Å². The minimum Gasteiger partial charge on any atom is -0.393 e. The molecular weight excluding hydrogens is 322 g/mol. The summed E-state index contributed by atoms with van der Waals surface area (Å²) in [6.07, 6.45) is 8.15. The topological polar surface area (TPSA) is 41.5 Å². The maximum atomic E-state index is 10.2. The van der Waals surface area contributed by atoms with Crippen molar-refractivity contribution in [3.63, 3.8) is 0 Å². The predicted molar refractivity (Wildman–Crippen MR) is 100 cm³/mol. The number of hydrogen-bond acceptors (Lipinski definition) is 3. The normalized spacial score (nSPS) is 49.9.